The third kappa shape index (κ3) is 7.99. The van der Waals surface area contributed by atoms with Crippen LogP contribution in [0.25, 0.3) is 94.5 Å². The van der Waals surface area contributed by atoms with Crippen LogP contribution in [-0.2, 0) is 37.3 Å². The smallest absolute Gasteiger partial charge is 0.509 e. The van der Waals surface area contributed by atoms with Gasteiger partial charge >= 0.3 is 21.1 Å². The van der Waals surface area contributed by atoms with Gasteiger partial charge < -0.3 is 9.30 Å². The van der Waals surface area contributed by atoms with Crippen LogP contribution in [0.5, 0.6) is 11.5 Å². The van der Waals surface area contributed by atoms with Crippen molar-refractivity contribution in [3.05, 3.63) is 211 Å². The number of hydrogen-bond donors (Lipinski definition) is 0. The molecule has 12 rings (SSSR count). The van der Waals surface area contributed by atoms with Crippen LogP contribution in [0.3, 0.4) is 0 Å². The third-order valence-corrected chi connectivity index (χ3v) is 13.5. The van der Waals surface area contributed by atoms with Crippen LogP contribution in [0, 0.1) is 12.1 Å². The zero-order valence-electron chi connectivity index (χ0n) is 57.3. The van der Waals surface area contributed by atoms with Gasteiger partial charge in [0.05, 0.1) is 0 Å². The van der Waals surface area contributed by atoms with Crippen molar-refractivity contribution < 1.29 is 55.0 Å². The molecule has 0 bridgehead atoms. The first-order valence-electron chi connectivity index (χ1n) is 32.3. The summed E-state index contributed by atoms with van der Waals surface area (Å²) >= 11 is 0. The molecule has 0 saturated carbocycles. The fourth-order valence-electron chi connectivity index (χ4n) is 10.1. The number of para-hydroxylation sites is 1. The minimum absolute atomic E-state index is 0. The maximum absolute atomic E-state index is 9.18. The molecule has 0 fully saturated rings. The van der Waals surface area contributed by atoms with E-state index in [0.717, 1.165) is 39.0 Å². The molecule has 0 spiro atoms. The zero-order valence-corrected chi connectivity index (χ0v) is 41.6. The van der Waals surface area contributed by atoms with Crippen molar-refractivity contribution >= 4 is 32.8 Å². The fourth-order valence-corrected chi connectivity index (χ4v) is 10.1. The Bertz CT molecular complexity index is 4550. The van der Waals surface area contributed by atoms with Gasteiger partial charge in [-0.25, -0.2) is 9.55 Å². The van der Waals surface area contributed by atoms with Gasteiger partial charge in [-0.1, -0.05) is 177 Å². The van der Waals surface area contributed by atoms with Crippen LogP contribution < -0.4 is 9.30 Å². The molecule has 4 heterocycles. The van der Waals surface area contributed by atoms with Crippen molar-refractivity contribution in [2.45, 2.75) is 78.1 Å². The summed E-state index contributed by atoms with van der Waals surface area (Å²) in [5.41, 5.74) is -3.16. The van der Waals surface area contributed by atoms with Crippen LogP contribution in [0.1, 0.15) is 103 Å². The molecule has 11 aromatic rings. The van der Waals surface area contributed by atoms with Crippen LogP contribution >= 0.6 is 0 Å². The van der Waals surface area contributed by atoms with Crippen molar-refractivity contribution in [3.8, 4) is 73.2 Å². The van der Waals surface area contributed by atoms with E-state index in [1.807, 2.05) is 36.4 Å². The summed E-state index contributed by atoms with van der Waals surface area (Å²) < 4.78 is 174. The van der Waals surface area contributed by atoms with E-state index in [1.54, 1.807) is 95.7 Å². The van der Waals surface area contributed by atoms with Gasteiger partial charge in [-0.3, -0.25) is 0 Å². The first kappa shape index (κ1) is 30.5. The zero-order chi connectivity index (χ0) is 64.0. The van der Waals surface area contributed by atoms with E-state index in [9.17, 15) is 12.3 Å². The summed E-state index contributed by atoms with van der Waals surface area (Å²) in [4.78, 5) is 4.87. The molecule has 0 atom stereocenters. The number of imidazole rings is 1. The molecule has 1 aliphatic heterocycles. The van der Waals surface area contributed by atoms with Crippen molar-refractivity contribution in [1.82, 2.24) is 14.1 Å². The minimum atomic E-state index is -4.05. The van der Waals surface area contributed by atoms with E-state index in [-0.39, 0.29) is 48.9 Å². The number of benzene rings is 8. The molecule has 6 heteroatoms. The van der Waals surface area contributed by atoms with Crippen molar-refractivity contribution in [1.29, 1.82) is 0 Å². The molecule has 0 N–H and O–H groups in total. The van der Waals surface area contributed by atoms with Crippen molar-refractivity contribution in [3.63, 3.8) is 0 Å². The van der Waals surface area contributed by atoms with E-state index < -0.39 is 68.8 Å². The average molecular weight is 1140 g/mol. The molecule has 8 aromatic carbocycles. The molecule has 5 nitrogen and oxygen atoms in total. The molecular formula is C66H57N4OPt+. The topological polar surface area (TPSA) is 35.9 Å². The van der Waals surface area contributed by atoms with Crippen molar-refractivity contribution in [2.24, 2.45) is 0 Å². The van der Waals surface area contributed by atoms with Gasteiger partial charge in [-0.15, -0.1) is 29.7 Å². The Balaban J connectivity index is 0.00000833. The summed E-state index contributed by atoms with van der Waals surface area (Å²) in [5, 5.41) is 1.84. The minimum Gasteiger partial charge on any atom is -0.509 e. The fraction of sp³-hybridized carbons (Fsp3) is 0.182. The standard InChI is InChI=1S/C66H57N4O.Pt/c1-64(2,3)44-33-34-67-61(38-44)70-58-32-29-43(42-19-11-10-12-20-42)35-55(58)53-31-30-48(40-60(53)70)71-47-22-17-21-46(39-47)68-41-69-62-56(36-45(65(4,5)6)37-57(62)66(7,8)9)52-26-16-14-24-50(52)49-23-13-15-25-51(49)54-27-18-28-59(68)63(54)69;/h10-38,41H,1-9H3;/q-1;+2/i4D3,5D3,6D3,7D3,8D3,9D3;. The van der Waals surface area contributed by atoms with Crippen LogP contribution in [0.2, 0.25) is 0 Å². The Kier molecular flexibility index (Phi) is 7.40. The van der Waals surface area contributed by atoms with Gasteiger partial charge in [-0.05, 0) is 103 Å². The van der Waals surface area contributed by atoms with E-state index in [0.29, 0.717) is 56.6 Å². The third-order valence-electron chi connectivity index (χ3n) is 13.5. The first-order chi connectivity index (χ1) is 41.6. The summed E-state index contributed by atoms with van der Waals surface area (Å²) in [6, 6.07) is 56.8. The molecule has 356 valence electrons. The number of pyridine rings is 1. The van der Waals surface area contributed by atoms with E-state index in [4.69, 9.17) is 22.1 Å². The molecule has 3 aromatic heterocycles. The van der Waals surface area contributed by atoms with E-state index in [2.05, 4.69) is 73.9 Å². The van der Waals surface area contributed by atoms with Crippen LogP contribution in [0.15, 0.2) is 182 Å². The van der Waals surface area contributed by atoms with Gasteiger partial charge in [0.1, 0.15) is 11.5 Å². The molecule has 72 heavy (non-hydrogen) atoms. The Morgan fingerprint density at radius 1 is 0.528 bits per heavy atom. The predicted molar refractivity (Wildman–Crippen MR) is 293 cm³/mol. The second kappa shape index (κ2) is 17.5. The molecule has 0 radical (unpaired) electrons. The number of aromatic nitrogens is 4. The second-order valence-corrected chi connectivity index (χ2v) is 19.2. The predicted octanol–water partition coefficient (Wildman–Crippen LogP) is 16.7. The van der Waals surface area contributed by atoms with Crippen LogP contribution in [0.4, 0.5) is 0 Å². The number of fused-ring (bicyclic) bond motifs is 10. The van der Waals surface area contributed by atoms with Crippen LogP contribution in [-0.4, -0.2) is 14.1 Å². The number of hydrogen-bond acceptors (Lipinski definition) is 2. The summed E-state index contributed by atoms with van der Waals surface area (Å²) in [5.74, 6) is 1.19. The maximum Gasteiger partial charge on any atom is 2.00 e. The quantitative estimate of drug-likeness (QED) is 0.127. The summed E-state index contributed by atoms with van der Waals surface area (Å²) in [7, 11) is 0. The first-order valence-corrected chi connectivity index (χ1v) is 23.3. The maximum atomic E-state index is 9.18. The average Bonchev–Trinajstić information content (AvgIpc) is 0.978. The van der Waals surface area contributed by atoms with Crippen molar-refractivity contribution in [2.75, 3.05) is 0 Å². The Labute approximate surface area is 463 Å². The molecular weight excluding hydrogens is 1060 g/mol. The SMILES string of the molecule is [2H]C([2H])([2H])C(c1cc2c(c(C(C([2H])([2H])[2H])(C([2H])([2H])[2H])C([2H])([2H])[2H])c1)-[n+]1cn(-c3[c-]c(Oc4[c-]c5c(cc4)c4cc(-c6ccccc6)ccc4n5-c4cc(C(C)(C)C)ccn4)ccc3)c3cccc(c31)-c1ccccc1-c1ccccc1-2)(C([2H])([2H])[2H])C([2H])([2H])[2H].[Pt+2]. The molecule has 0 amide bonds. The Hall–Kier alpha value is -7.33. The normalized spacial score (nSPS) is 17.2. The number of rotatable bonds is 5. The summed E-state index contributed by atoms with van der Waals surface area (Å²) in [6.45, 7) is -17.6. The monoisotopic (exact) mass is 1130 g/mol. The molecule has 0 aliphatic carbocycles. The largest absolute Gasteiger partial charge is 2.00 e. The Morgan fingerprint density at radius 3 is 1.92 bits per heavy atom. The number of nitrogens with zero attached hydrogens (tertiary/aromatic N) is 4. The van der Waals surface area contributed by atoms with E-state index in [1.165, 1.54) is 10.9 Å². The van der Waals surface area contributed by atoms with Gasteiger partial charge in [-0.2, -0.15) is 16.7 Å². The van der Waals surface area contributed by atoms with E-state index >= 15 is 0 Å². The van der Waals surface area contributed by atoms with Gasteiger partial charge in [0, 0.05) is 70.3 Å². The molecule has 1 aliphatic rings. The second-order valence-electron chi connectivity index (χ2n) is 19.2. The Morgan fingerprint density at radius 2 is 1.19 bits per heavy atom. The van der Waals surface area contributed by atoms with Gasteiger partial charge in [0.15, 0.2) is 11.0 Å². The molecule has 0 unspecified atom stereocenters. The number of ether oxygens (including phenoxy) is 1. The summed E-state index contributed by atoms with van der Waals surface area (Å²) in [6.07, 6.45) is 3.27. The van der Waals surface area contributed by atoms with Gasteiger partial charge in [0.25, 0.3) is 6.33 Å². The van der Waals surface area contributed by atoms with Gasteiger partial charge in [0.2, 0.25) is 0 Å². The molecule has 0 saturated heterocycles.